The first kappa shape index (κ1) is 18.2. The van der Waals surface area contributed by atoms with Gasteiger partial charge < -0.3 is 14.8 Å². The number of carbonyl (C=O) groups is 2. The van der Waals surface area contributed by atoms with Crippen LogP contribution in [0.5, 0.6) is 0 Å². The molecule has 0 saturated carbocycles. The van der Waals surface area contributed by atoms with E-state index in [1.54, 1.807) is 24.3 Å². The third kappa shape index (κ3) is 3.10. The number of carbonyl (C=O) groups excluding carboxylic acids is 2. The van der Waals surface area contributed by atoms with Crippen LogP contribution < -0.4 is 34.9 Å². The van der Waals surface area contributed by atoms with E-state index in [2.05, 4.69) is 9.60 Å². The smallest absolute Gasteiger partial charge is 0.724 e. The average molecular weight is 349 g/mol. The zero-order valence-electron chi connectivity index (χ0n) is 12.4. The van der Waals surface area contributed by atoms with Crippen molar-refractivity contribution in [2.75, 3.05) is 13.6 Å². The number of hydrogen-bond acceptors (Lipinski definition) is 6. The summed E-state index contributed by atoms with van der Waals surface area (Å²) in [6.07, 6.45) is 0. The van der Waals surface area contributed by atoms with E-state index >= 15 is 0 Å². The number of benzene rings is 1. The van der Waals surface area contributed by atoms with E-state index in [-0.39, 0.29) is 36.1 Å². The van der Waals surface area contributed by atoms with Gasteiger partial charge in [0, 0.05) is 7.05 Å². The van der Waals surface area contributed by atoms with Crippen LogP contribution >= 0.6 is 0 Å². The van der Waals surface area contributed by atoms with E-state index in [0.717, 1.165) is 0 Å². The summed E-state index contributed by atoms with van der Waals surface area (Å²) in [6, 6.07) is 4.26. The topological polar surface area (TPSA) is 119 Å². The summed E-state index contributed by atoms with van der Waals surface area (Å²) in [5.41, 5.74) is 1.14. The van der Waals surface area contributed by atoms with Gasteiger partial charge in [0.05, 0.1) is 6.54 Å². The van der Waals surface area contributed by atoms with Crippen LogP contribution in [0, 0.1) is 0 Å². The van der Waals surface area contributed by atoms with Crippen molar-refractivity contribution < 1.29 is 56.4 Å². The predicted molar refractivity (Wildman–Crippen MR) is 70.7 cm³/mol. The Hall–Kier alpha value is -1.17. The molecule has 11 heteroatoms. The van der Waals surface area contributed by atoms with E-state index in [4.69, 9.17) is 0 Å². The summed E-state index contributed by atoms with van der Waals surface area (Å²) in [4.78, 5) is 25.6. The van der Waals surface area contributed by atoms with Crippen LogP contribution in [0.1, 0.15) is 23.2 Å². The summed E-state index contributed by atoms with van der Waals surface area (Å²) < 4.78 is 36.8. The monoisotopic (exact) mass is 349 g/mol. The van der Waals surface area contributed by atoms with Gasteiger partial charge in [0.15, 0.2) is 0 Å². The molecule has 0 spiro atoms. The summed E-state index contributed by atoms with van der Waals surface area (Å²) in [6.45, 7) is 0.0590. The van der Waals surface area contributed by atoms with E-state index < -0.39 is 34.4 Å². The molecular formula is C12H12N3NaO6S. The molecule has 118 valence electrons. The molecule has 3 amide bonds. The Labute approximate surface area is 154 Å². The number of amides is 3. The second-order valence-electron chi connectivity index (χ2n) is 4.91. The number of hydrogen-bond donors (Lipinski definition) is 1. The van der Waals surface area contributed by atoms with Gasteiger partial charge in [-0.25, -0.2) is 13.2 Å². The molecule has 0 radical (unpaired) electrons. The fourth-order valence-electron chi connectivity index (χ4n) is 2.87. The Morgan fingerprint density at radius 3 is 2.52 bits per heavy atom. The minimum atomic E-state index is -5.10. The third-order valence-corrected chi connectivity index (χ3v) is 4.06. The molecule has 2 heterocycles. The van der Waals surface area contributed by atoms with Crippen LogP contribution in [-0.2, 0) is 19.5 Å². The minimum Gasteiger partial charge on any atom is -0.724 e. The van der Waals surface area contributed by atoms with Crippen molar-refractivity contribution in [3.63, 3.8) is 0 Å². The van der Waals surface area contributed by atoms with Crippen molar-refractivity contribution in [2.24, 2.45) is 0 Å². The molecule has 2 bridgehead atoms. The second-order valence-corrected chi connectivity index (χ2v) is 5.87. The molecular weight excluding hydrogens is 337 g/mol. The molecule has 1 N–H and O–H groups in total. The number of likely N-dealkylation sites (N-methyl/N-ethyl adjacent to an activating group) is 1. The Morgan fingerprint density at radius 1 is 1.35 bits per heavy atom. The Bertz CT molecular complexity index is 755. The van der Waals surface area contributed by atoms with Crippen LogP contribution in [0.15, 0.2) is 24.3 Å². The van der Waals surface area contributed by atoms with E-state index in [1.165, 1.54) is 11.9 Å². The fraction of sp³-hybridized carbons (Fsp3) is 0.333. The first-order valence-electron chi connectivity index (χ1n) is 6.39. The molecule has 0 unspecified atom stereocenters. The number of urea groups is 1. The Balaban J connectivity index is 0.00000192. The molecule has 0 aromatic heterocycles. The number of rotatable bonds is 3. The average Bonchev–Trinajstić information content (AvgIpc) is 2.73. The SMILES string of the molecule is CNC(=O)[C@H]1c2ccccc2[C@@H]2CN1C(=O)N2OS(=O)(=O)[O-].[Na+]. The molecule has 23 heavy (non-hydrogen) atoms. The molecule has 2 aliphatic rings. The summed E-state index contributed by atoms with van der Waals surface area (Å²) >= 11 is 0. The largest absolute Gasteiger partial charge is 1.00 e. The predicted octanol–water partition coefficient (Wildman–Crippen LogP) is -3.34. The zero-order valence-corrected chi connectivity index (χ0v) is 15.2. The van der Waals surface area contributed by atoms with Gasteiger partial charge >= 0.3 is 35.6 Å². The molecule has 1 aromatic rings. The summed E-state index contributed by atoms with van der Waals surface area (Å²) in [7, 11) is -3.66. The van der Waals surface area contributed by atoms with Crippen LogP contribution in [0.25, 0.3) is 0 Å². The van der Waals surface area contributed by atoms with Gasteiger partial charge in [0.1, 0.15) is 12.1 Å². The Morgan fingerprint density at radius 2 is 1.96 bits per heavy atom. The molecule has 1 fully saturated rings. The first-order chi connectivity index (χ1) is 10.3. The number of fused-ring (bicyclic) bond motifs is 4. The number of nitrogens with one attached hydrogen (secondary N) is 1. The van der Waals surface area contributed by atoms with Gasteiger partial charge in [-0.2, -0.15) is 9.35 Å². The van der Waals surface area contributed by atoms with Gasteiger partial charge in [-0.3, -0.25) is 4.79 Å². The summed E-state index contributed by atoms with van der Waals surface area (Å²) in [5, 5.41) is 2.99. The maximum atomic E-state index is 12.3. The minimum absolute atomic E-state index is 0. The third-order valence-electron chi connectivity index (χ3n) is 3.71. The van der Waals surface area contributed by atoms with Crippen LogP contribution in [0.3, 0.4) is 0 Å². The van der Waals surface area contributed by atoms with E-state index in [1.807, 2.05) is 0 Å². The zero-order chi connectivity index (χ0) is 16.1. The quantitative estimate of drug-likeness (QED) is 0.346. The van der Waals surface area contributed by atoms with E-state index in [0.29, 0.717) is 16.2 Å². The molecule has 9 nitrogen and oxygen atoms in total. The van der Waals surface area contributed by atoms with Crippen molar-refractivity contribution in [1.82, 2.24) is 15.3 Å². The van der Waals surface area contributed by atoms with E-state index in [9.17, 15) is 22.6 Å². The van der Waals surface area contributed by atoms with Crippen LogP contribution in [0.4, 0.5) is 4.79 Å². The maximum absolute atomic E-state index is 12.3. The standard InChI is InChI=1S/C12H13N3O6S.Na/c1-13-11(16)10-8-5-3-2-4-7(8)9-6-14(10)12(17)15(9)21-22(18,19)20;/h2-5,9-10H,6H2,1H3,(H,13,16)(H,18,19,20);/q;+1/p-1/t9-,10+;/m0./s1. The molecule has 2 atom stereocenters. The van der Waals surface area contributed by atoms with Gasteiger partial charge in [-0.15, -0.1) is 0 Å². The van der Waals surface area contributed by atoms with Crippen molar-refractivity contribution in [1.29, 1.82) is 0 Å². The number of hydroxylamine groups is 2. The second kappa shape index (κ2) is 6.38. The fourth-order valence-corrected chi connectivity index (χ4v) is 3.24. The molecule has 0 aliphatic carbocycles. The molecule has 1 aromatic carbocycles. The van der Waals surface area contributed by atoms with Crippen molar-refractivity contribution in [3.05, 3.63) is 35.4 Å². The van der Waals surface area contributed by atoms with Gasteiger partial charge in [-0.1, -0.05) is 24.3 Å². The summed E-state index contributed by atoms with van der Waals surface area (Å²) in [5.74, 6) is -0.411. The van der Waals surface area contributed by atoms with Gasteiger partial charge in [0.25, 0.3) is 0 Å². The maximum Gasteiger partial charge on any atom is 1.00 e. The van der Waals surface area contributed by atoms with Crippen molar-refractivity contribution >= 4 is 22.3 Å². The van der Waals surface area contributed by atoms with Gasteiger partial charge in [0.2, 0.25) is 16.3 Å². The van der Waals surface area contributed by atoms with Crippen molar-refractivity contribution in [3.8, 4) is 0 Å². The Kier molecular flexibility index (Phi) is 5.04. The number of nitrogens with zero attached hydrogens (tertiary/aromatic N) is 2. The van der Waals surface area contributed by atoms with Crippen LogP contribution in [-0.4, -0.2) is 48.5 Å². The first-order valence-corrected chi connectivity index (χ1v) is 7.72. The molecule has 2 aliphatic heterocycles. The van der Waals surface area contributed by atoms with Crippen LogP contribution in [0.2, 0.25) is 0 Å². The van der Waals surface area contributed by atoms with Gasteiger partial charge in [-0.05, 0) is 11.1 Å². The normalized spacial score (nSPS) is 22.4. The van der Waals surface area contributed by atoms with Crippen molar-refractivity contribution in [2.45, 2.75) is 12.1 Å². The molecule has 3 rings (SSSR count). The molecule has 1 saturated heterocycles.